The molecule has 0 bridgehead atoms. The van der Waals surface area contributed by atoms with Gasteiger partial charge >= 0.3 is 0 Å². The Bertz CT molecular complexity index is 998. The highest BCUT2D eigenvalue weighted by Crippen LogP contribution is 2.16. The van der Waals surface area contributed by atoms with Crippen molar-refractivity contribution in [2.75, 3.05) is 32.8 Å². The molecule has 0 atom stereocenters. The van der Waals surface area contributed by atoms with Crippen molar-refractivity contribution in [2.45, 2.75) is 25.8 Å². The zero-order valence-corrected chi connectivity index (χ0v) is 21.2. The number of nitrogens with one attached hydrogen (secondary N) is 2. The van der Waals surface area contributed by atoms with Crippen LogP contribution in [0.5, 0.6) is 0 Å². The van der Waals surface area contributed by atoms with Crippen LogP contribution in [0.4, 0.5) is 4.39 Å². The first kappa shape index (κ1) is 26.5. The van der Waals surface area contributed by atoms with Crippen molar-refractivity contribution in [3.63, 3.8) is 0 Å². The smallest absolute Gasteiger partial charge is 0.218 e. The molecule has 1 saturated heterocycles. The van der Waals surface area contributed by atoms with Crippen molar-refractivity contribution < 1.29 is 17.5 Å². The minimum Gasteiger partial charge on any atom is -0.379 e. The van der Waals surface area contributed by atoms with Gasteiger partial charge in [-0.25, -0.2) is 17.8 Å². The van der Waals surface area contributed by atoms with Crippen LogP contribution < -0.4 is 10.6 Å². The van der Waals surface area contributed by atoms with Gasteiger partial charge < -0.3 is 15.4 Å². The zero-order valence-electron chi connectivity index (χ0n) is 18.1. The predicted molar refractivity (Wildman–Crippen MR) is 135 cm³/mol. The lowest BCUT2D eigenvalue weighted by Crippen LogP contribution is -2.41. The Morgan fingerprint density at radius 3 is 2.50 bits per heavy atom. The van der Waals surface area contributed by atoms with E-state index in [1.807, 2.05) is 37.3 Å². The minimum atomic E-state index is -3.41. The molecule has 0 spiro atoms. The summed E-state index contributed by atoms with van der Waals surface area (Å²) in [5, 5.41) is 6.41. The maximum absolute atomic E-state index is 13.4. The van der Waals surface area contributed by atoms with E-state index in [4.69, 9.17) is 4.74 Å². The molecule has 7 nitrogen and oxygen atoms in total. The maximum atomic E-state index is 13.4. The molecular weight excluding hydrogens is 546 g/mol. The van der Waals surface area contributed by atoms with Crippen molar-refractivity contribution in [3.8, 4) is 0 Å². The van der Waals surface area contributed by atoms with Gasteiger partial charge in [-0.05, 0) is 35.7 Å². The van der Waals surface area contributed by atoms with Crippen LogP contribution in [0.3, 0.4) is 0 Å². The van der Waals surface area contributed by atoms with E-state index in [1.54, 1.807) is 6.07 Å². The molecule has 2 N–H and O–H groups in total. The van der Waals surface area contributed by atoms with Gasteiger partial charge in [-0.2, -0.15) is 4.31 Å². The summed E-state index contributed by atoms with van der Waals surface area (Å²) in [5.41, 5.74) is 2.41. The quantitative estimate of drug-likeness (QED) is 0.287. The molecule has 0 aromatic heterocycles. The summed E-state index contributed by atoms with van der Waals surface area (Å²) in [6.07, 6.45) is 0. The van der Waals surface area contributed by atoms with Gasteiger partial charge in [-0.1, -0.05) is 36.4 Å². The minimum absolute atomic E-state index is 0. The van der Waals surface area contributed by atoms with Gasteiger partial charge in [-0.15, -0.1) is 24.0 Å². The monoisotopic (exact) mass is 576 g/mol. The SMILES string of the molecule is CCNC(=NCc1cccc(F)c1)NCc1ccccc1CS(=O)(=O)N1CCOCC1.I. The van der Waals surface area contributed by atoms with E-state index in [0.29, 0.717) is 51.9 Å². The summed E-state index contributed by atoms with van der Waals surface area (Å²) >= 11 is 0. The highest BCUT2D eigenvalue weighted by atomic mass is 127. The van der Waals surface area contributed by atoms with E-state index in [9.17, 15) is 12.8 Å². The number of nitrogens with zero attached hydrogens (tertiary/aromatic N) is 2. The van der Waals surface area contributed by atoms with Gasteiger partial charge in [0.05, 0.1) is 25.5 Å². The van der Waals surface area contributed by atoms with Crippen LogP contribution in [0.2, 0.25) is 0 Å². The second kappa shape index (κ2) is 13.1. The Kier molecular flexibility index (Phi) is 10.8. The lowest BCUT2D eigenvalue weighted by Gasteiger charge is -2.26. The van der Waals surface area contributed by atoms with Crippen molar-refractivity contribution >= 4 is 40.0 Å². The van der Waals surface area contributed by atoms with E-state index in [2.05, 4.69) is 15.6 Å². The molecule has 10 heteroatoms. The molecule has 0 aliphatic carbocycles. The summed E-state index contributed by atoms with van der Waals surface area (Å²) in [6.45, 7) is 5.01. The summed E-state index contributed by atoms with van der Waals surface area (Å²) in [6, 6.07) is 13.8. The first-order valence-corrected chi connectivity index (χ1v) is 12.0. The molecule has 0 saturated carbocycles. The molecule has 1 aliphatic rings. The average molecular weight is 576 g/mol. The third kappa shape index (κ3) is 7.98. The average Bonchev–Trinajstić information content (AvgIpc) is 2.77. The van der Waals surface area contributed by atoms with E-state index < -0.39 is 10.0 Å². The second-order valence-corrected chi connectivity index (χ2v) is 9.18. The Balaban J connectivity index is 0.00000363. The normalized spacial score (nSPS) is 15.1. The molecular formula is C22H30FIN4O3S. The van der Waals surface area contributed by atoms with Crippen LogP contribution >= 0.6 is 24.0 Å². The molecule has 32 heavy (non-hydrogen) atoms. The molecule has 1 heterocycles. The first-order valence-electron chi connectivity index (χ1n) is 10.4. The van der Waals surface area contributed by atoms with Gasteiger partial charge in [0, 0.05) is 26.2 Å². The highest BCUT2D eigenvalue weighted by Gasteiger charge is 2.25. The zero-order chi connectivity index (χ0) is 22.1. The lowest BCUT2D eigenvalue weighted by atomic mass is 10.1. The third-order valence-electron chi connectivity index (χ3n) is 4.92. The van der Waals surface area contributed by atoms with Crippen molar-refractivity contribution in [1.82, 2.24) is 14.9 Å². The number of benzene rings is 2. The topological polar surface area (TPSA) is 83.0 Å². The van der Waals surface area contributed by atoms with E-state index in [-0.39, 0.29) is 35.5 Å². The number of morpholine rings is 1. The molecule has 3 rings (SSSR count). The lowest BCUT2D eigenvalue weighted by molar-refractivity contribution is 0.0729. The Morgan fingerprint density at radius 1 is 1.09 bits per heavy atom. The fourth-order valence-electron chi connectivity index (χ4n) is 3.31. The maximum Gasteiger partial charge on any atom is 0.218 e. The summed E-state index contributed by atoms with van der Waals surface area (Å²) in [4.78, 5) is 4.50. The molecule has 0 amide bonds. The number of rotatable bonds is 8. The van der Waals surface area contributed by atoms with Crippen LogP contribution in [0.1, 0.15) is 23.6 Å². The third-order valence-corrected chi connectivity index (χ3v) is 6.75. The molecule has 1 fully saturated rings. The molecule has 0 unspecified atom stereocenters. The number of guanidine groups is 1. The molecule has 1 aliphatic heterocycles. The van der Waals surface area contributed by atoms with E-state index in [0.717, 1.165) is 16.7 Å². The largest absolute Gasteiger partial charge is 0.379 e. The number of hydrogen-bond acceptors (Lipinski definition) is 4. The summed E-state index contributed by atoms with van der Waals surface area (Å²) in [5.74, 6) is 0.237. The first-order chi connectivity index (χ1) is 15.0. The fourth-order valence-corrected chi connectivity index (χ4v) is 4.87. The van der Waals surface area contributed by atoms with Crippen LogP contribution in [-0.2, 0) is 33.6 Å². The highest BCUT2D eigenvalue weighted by molar-refractivity contribution is 14.0. The van der Waals surface area contributed by atoms with Gasteiger partial charge in [0.2, 0.25) is 10.0 Å². The Hall–Kier alpha value is -1.76. The summed E-state index contributed by atoms with van der Waals surface area (Å²) < 4.78 is 45.8. The van der Waals surface area contributed by atoms with Crippen molar-refractivity contribution in [1.29, 1.82) is 0 Å². The summed E-state index contributed by atoms with van der Waals surface area (Å²) in [7, 11) is -3.41. The van der Waals surface area contributed by atoms with Crippen LogP contribution in [-0.4, -0.2) is 51.5 Å². The van der Waals surface area contributed by atoms with Crippen LogP contribution in [0.15, 0.2) is 53.5 Å². The van der Waals surface area contributed by atoms with E-state index >= 15 is 0 Å². The van der Waals surface area contributed by atoms with Crippen LogP contribution in [0, 0.1) is 5.82 Å². The van der Waals surface area contributed by atoms with Crippen molar-refractivity contribution in [2.24, 2.45) is 4.99 Å². The van der Waals surface area contributed by atoms with Gasteiger partial charge in [0.15, 0.2) is 5.96 Å². The standard InChI is InChI=1S/C22H29FN4O3S.HI/c1-2-24-22(25-15-18-6-5-9-21(23)14-18)26-16-19-7-3-4-8-20(19)17-31(28,29)27-10-12-30-13-11-27;/h3-9,14H,2,10-13,15-17H2,1H3,(H2,24,25,26);1H. The van der Waals surface area contributed by atoms with Crippen LogP contribution in [0.25, 0.3) is 0 Å². The Morgan fingerprint density at radius 2 is 1.81 bits per heavy atom. The van der Waals surface area contributed by atoms with E-state index in [1.165, 1.54) is 16.4 Å². The van der Waals surface area contributed by atoms with Gasteiger partial charge in [0.1, 0.15) is 5.82 Å². The molecule has 2 aromatic carbocycles. The van der Waals surface area contributed by atoms with Gasteiger partial charge in [-0.3, -0.25) is 0 Å². The predicted octanol–water partition coefficient (Wildman–Crippen LogP) is 2.86. The molecule has 2 aromatic rings. The number of ether oxygens (including phenoxy) is 1. The molecule has 176 valence electrons. The fraction of sp³-hybridized carbons (Fsp3) is 0.409. The second-order valence-electron chi connectivity index (χ2n) is 7.21. The van der Waals surface area contributed by atoms with Crippen molar-refractivity contribution in [3.05, 3.63) is 71.0 Å². The number of hydrogen-bond donors (Lipinski definition) is 2. The number of halogens is 2. The Labute approximate surface area is 206 Å². The number of sulfonamides is 1. The number of aliphatic imine (C=N–C) groups is 1. The van der Waals surface area contributed by atoms with Gasteiger partial charge in [0.25, 0.3) is 0 Å². The molecule has 0 radical (unpaired) electrons.